The van der Waals surface area contributed by atoms with E-state index in [4.69, 9.17) is 4.74 Å². The van der Waals surface area contributed by atoms with E-state index < -0.39 is 0 Å². The van der Waals surface area contributed by atoms with Gasteiger partial charge in [-0.1, -0.05) is 0 Å². The summed E-state index contributed by atoms with van der Waals surface area (Å²) in [5.41, 5.74) is 1.99. The average Bonchev–Trinajstić information content (AvgIpc) is 2.27. The van der Waals surface area contributed by atoms with Gasteiger partial charge < -0.3 is 4.74 Å². The fourth-order valence-electron chi connectivity index (χ4n) is 1.44. The minimum absolute atomic E-state index is 0.215. The normalized spacial score (nSPS) is 14.6. The van der Waals surface area contributed by atoms with Crippen LogP contribution in [0.5, 0.6) is 5.88 Å². The van der Waals surface area contributed by atoms with Crippen molar-refractivity contribution in [3.63, 3.8) is 0 Å². The number of aryl methyl sites for hydroxylation is 1. The van der Waals surface area contributed by atoms with Gasteiger partial charge in [0.05, 0.1) is 12.8 Å². The molecule has 4 nitrogen and oxygen atoms in total. The Morgan fingerprint density at radius 1 is 1.50 bits per heavy atom. The lowest BCUT2D eigenvalue weighted by atomic mass is 10.2. The molecule has 0 saturated carbocycles. The highest BCUT2D eigenvalue weighted by molar-refractivity contribution is 7.98. The summed E-state index contributed by atoms with van der Waals surface area (Å²) in [6.07, 6.45) is 1.55. The summed E-state index contributed by atoms with van der Waals surface area (Å²) in [7, 11) is 1.57. The van der Waals surface area contributed by atoms with E-state index in [1.807, 2.05) is 11.8 Å². The van der Waals surface area contributed by atoms with Crippen LogP contribution < -0.4 is 4.74 Å². The van der Waals surface area contributed by atoms with E-state index in [0.29, 0.717) is 12.2 Å². The SMILES string of the molecule is COc1nc(C=O)nc2c1CSCC2. The monoisotopic (exact) mass is 210 g/mol. The van der Waals surface area contributed by atoms with E-state index in [-0.39, 0.29) is 5.82 Å². The van der Waals surface area contributed by atoms with Gasteiger partial charge in [0.15, 0.2) is 12.1 Å². The van der Waals surface area contributed by atoms with Crippen LogP contribution in [0.2, 0.25) is 0 Å². The number of aldehydes is 1. The van der Waals surface area contributed by atoms with E-state index in [2.05, 4.69) is 9.97 Å². The van der Waals surface area contributed by atoms with Crippen LogP contribution >= 0.6 is 11.8 Å². The van der Waals surface area contributed by atoms with Crippen LogP contribution in [0.15, 0.2) is 0 Å². The number of thioether (sulfide) groups is 1. The Bertz CT molecular complexity index is 351. The topological polar surface area (TPSA) is 52.1 Å². The summed E-state index contributed by atoms with van der Waals surface area (Å²) in [6.45, 7) is 0. The van der Waals surface area contributed by atoms with Crippen molar-refractivity contribution >= 4 is 18.0 Å². The van der Waals surface area contributed by atoms with Crippen LogP contribution in [-0.4, -0.2) is 29.1 Å². The number of nitrogens with zero attached hydrogens (tertiary/aromatic N) is 2. The number of rotatable bonds is 2. The lowest BCUT2D eigenvalue weighted by molar-refractivity contribution is 0.111. The highest BCUT2D eigenvalue weighted by Crippen LogP contribution is 2.29. The van der Waals surface area contributed by atoms with Crippen LogP contribution in [0.25, 0.3) is 0 Å². The van der Waals surface area contributed by atoms with Crippen molar-refractivity contribution < 1.29 is 9.53 Å². The molecule has 1 aromatic rings. The summed E-state index contributed by atoms with van der Waals surface area (Å²) in [4.78, 5) is 18.8. The first-order valence-corrected chi connectivity index (χ1v) is 5.47. The molecule has 5 heteroatoms. The molecule has 0 bridgehead atoms. The number of hydrogen-bond donors (Lipinski definition) is 0. The number of fused-ring (bicyclic) bond motifs is 1. The Kier molecular flexibility index (Phi) is 2.67. The second kappa shape index (κ2) is 3.96. The van der Waals surface area contributed by atoms with Crippen molar-refractivity contribution in [2.75, 3.05) is 12.9 Å². The molecule has 0 spiro atoms. The van der Waals surface area contributed by atoms with Gasteiger partial charge in [-0.15, -0.1) is 0 Å². The van der Waals surface area contributed by atoms with E-state index in [9.17, 15) is 4.79 Å². The third-order valence-corrected chi connectivity index (χ3v) is 3.09. The zero-order valence-electron chi connectivity index (χ0n) is 7.82. The van der Waals surface area contributed by atoms with Crippen LogP contribution in [-0.2, 0) is 12.2 Å². The van der Waals surface area contributed by atoms with Crippen molar-refractivity contribution in [1.29, 1.82) is 0 Å². The summed E-state index contributed by atoms with van der Waals surface area (Å²) < 4.78 is 5.13. The maximum absolute atomic E-state index is 10.6. The predicted molar refractivity (Wildman–Crippen MR) is 53.8 cm³/mol. The second-order valence-electron chi connectivity index (χ2n) is 2.94. The Labute approximate surface area is 86.1 Å². The Morgan fingerprint density at radius 2 is 2.36 bits per heavy atom. The van der Waals surface area contributed by atoms with Crippen LogP contribution in [0, 0.1) is 0 Å². The van der Waals surface area contributed by atoms with Crippen molar-refractivity contribution in [2.24, 2.45) is 0 Å². The van der Waals surface area contributed by atoms with E-state index in [0.717, 1.165) is 29.2 Å². The molecule has 0 radical (unpaired) electrons. The number of aromatic nitrogens is 2. The fraction of sp³-hybridized carbons (Fsp3) is 0.444. The van der Waals surface area contributed by atoms with Gasteiger partial charge in [0, 0.05) is 11.3 Å². The number of methoxy groups -OCH3 is 1. The van der Waals surface area contributed by atoms with E-state index in [1.54, 1.807) is 7.11 Å². The molecular formula is C9H10N2O2S. The van der Waals surface area contributed by atoms with Crippen molar-refractivity contribution in [2.45, 2.75) is 12.2 Å². The standard InChI is InChI=1S/C9H10N2O2S/c1-13-9-6-5-14-3-2-7(6)10-8(4-12)11-9/h4H,2-3,5H2,1H3. The highest BCUT2D eigenvalue weighted by atomic mass is 32.2. The summed E-state index contributed by atoms with van der Waals surface area (Å²) in [6, 6.07) is 0. The lowest BCUT2D eigenvalue weighted by Gasteiger charge is -2.16. The average molecular weight is 210 g/mol. The molecule has 74 valence electrons. The van der Waals surface area contributed by atoms with Gasteiger partial charge in [-0.3, -0.25) is 4.79 Å². The largest absolute Gasteiger partial charge is 0.481 e. The molecule has 1 aliphatic rings. The second-order valence-corrected chi connectivity index (χ2v) is 4.04. The van der Waals surface area contributed by atoms with Gasteiger partial charge in [0.25, 0.3) is 0 Å². The molecule has 0 saturated heterocycles. The molecule has 1 aliphatic heterocycles. The molecule has 0 aromatic carbocycles. The lowest BCUT2D eigenvalue weighted by Crippen LogP contribution is -2.11. The smallest absolute Gasteiger partial charge is 0.221 e. The molecule has 0 aliphatic carbocycles. The third kappa shape index (κ3) is 1.59. The summed E-state index contributed by atoms with van der Waals surface area (Å²) >= 11 is 1.83. The van der Waals surface area contributed by atoms with Crippen molar-refractivity contribution in [3.8, 4) is 5.88 Å². The Hall–Kier alpha value is -1.10. The molecular weight excluding hydrogens is 200 g/mol. The molecule has 2 heterocycles. The van der Waals surface area contributed by atoms with Crippen LogP contribution in [0.1, 0.15) is 21.9 Å². The number of carbonyl (C=O) groups excluding carboxylic acids is 1. The molecule has 1 aromatic heterocycles. The minimum atomic E-state index is 0.215. The Balaban J connectivity index is 2.52. The molecule has 14 heavy (non-hydrogen) atoms. The minimum Gasteiger partial charge on any atom is -0.481 e. The van der Waals surface area contributed by atoms with E-state index in [1.165, 1.54) is 0 Å². The van der Waals surface area contributed by atoms with Crippen LogP contribution in [0.4, 0.5) is 0 Å². The summed E-state index contributed by atoms with van der Waals surface area (Å²) in [5.74, 6) is 2.68. The summed E-state index contributed by atoms with van der Waals surface area (Å²) in [5, 5.41) is 0. The first-order valence-electron chi connectivity index (χ1n) is 4.32. The number of carbonyl (C=O) groups is 1. The maximum Gasteiger partial charge on any atom is 0.221 e. The first-order chi connectivity index (χ1) is 6.85. The maximum atomic E-state index is 10.6. The molecule has 2 rings (SSSR count). The van der Waals surface area contributed by atoms with Gasteiger partial charge in [-0.25, -0.2) is 4.98 Å². The molecule has 0 amide bonds. The zero-order chi connectivity index (χ0) is 9.97. The fourth-order valence-corrected chi connectivity index (χ4v) is 2.42. The predicted octanol–water partition coefficient (Wildman–Crippen LogP) is 1.09. The Morgan fingerprint density at radius 3 is 3.07 bits per heavy atom. The van der Waals surface area contributed by atoms with E-state index >= 15 is 0 Å². The van der Waals surface area contributed by atoms with Gasteiger partial charge in [-0.05, 0) is 12.2 Å². The van der Waals surface area contributed by atoms with Gasteiger partial charge in [0.1, 0.15) is 0 Å². The van der Waals surface area contributed by atoms with Crippen molar-refractivity contribution in [3.05, 3.63) is 17.1 Å². The highest BCUT2D eigenvalue weighted by Gasteiger charge is 2.18. The van der Waals surface area contributed by atoms with Crippen molar-refractivity contribution in [1.82, 2.24) is 9.97 Å². The molecule has 0 unspecified atom stereocenters. The number of hydrogen-bond acceptors (Lipinski definition) is 5. The van der Waals surface area contributed by atoms with Gasteiger partial charge >= 0.3 is 0 Å². The quantitative estimate of drug-likeness (QED) is 0.684. The zero-order valence-corrected chi connectivity index (χ0v) is 8.63. The number of ether oxygens (including phenoxy) is 1. The molecule has 0 fully saturated rings. The van der Waals surface area contributed by atoms with Gasteiger partial charge in [-0.2, -0.15) is 16.7 Å². The molecule has 0 N–H and O–H groups in total. The third-order valence-electron chi connectivity index (χ3n) is 2.10. The first kappa shape index (κ1) is 9.45. The van der Waals surface area contributed by atoms with Crippen LogP contribution in [0.3, 0.4) is 0 Å². The molecule has 0 atom stereocenters. The van der Waals surface area contributed by atoms with Gasteiger partial charge in [0.2, 0.25) is 5.88 Å².